The molecule has 0 N–H and O–H groups in total. The molecule has 0 aliphatic heterocycles. The summed E-state index contributed by atoms with van der Waals surface area (Å²) < 4.78 is 1.06. The summed E-state index contributed by atoms with van der Waals surface area (Å²) in [7, 11) is 0. The van der Waals surface area contributed by atoms with Crippen molar-refractivity contribution in [2.45, 2.75) is 20.4 Å². The molecule has 0 aliphatic carbocycles. The van der Waals surface area contributed by atoms with Crippen molar-refractivity contribution in [3.63, 3.8) is 0 Å². The number of hydrogen-bond donors (Lipinski definition) is 0. The number of rotatable bonds is 4. The van der Waals surface area contributed by atoms with E-state index in [0.717, 1.165) is 33.9 Å². The average molecular weight is 354 g/mol. The number of anilines is 1. The van der Waals surface area contributed by atoms with Crippen LogP contribution in [0.4, 0.5) is 5.82 Å². The molecular weight excluding hydrogens is 339 g/mol. The minimum Gasteiger partial charge on any atom is -0.350 e. The van der Waals surface area contributed by atoms with E-state index >= 15 is 0 Å². The molecule has 0 unspecified atom stereocenters. The van der Waals surface area contributed by atoms with E-state index < -0.39 is 0 Å². The van der Waals surface area contributed by atoms with Crippen molar-refractivity contribution in [2.75, 3.05) is 11.4 Å². The van der Waals surface area contributed by atoms with Gasteiger partial charge in [0.2, 0.25) is 0 Å². The van der Waals surface area contributed by atoms with E-state index in [1.807, 2.05) is 31.3 Å². The number of pyridine rings is 1. The lowest BCUT2D eigenvalue weighted by Gasteiger charge is -2.22. The second-order valence-corrected chi connectivity index (χ2v) is 5.14. The predicted molar refractivity (Wildman–Crippen MR) is 80.4 cm³/mol. The van der Waals surface area contributed by atoms with Gasteiger partial charge in [-0.2, -0.15) is 0 Å². The van der Waals surface area contributed by atoms with Crippen LogP contribution >= 0.6 is 22.6 Å². The zero-order valence-electron chi connectivity index (χ0n) is 10.5. The normalized spacial score (nSPS) is 10.4. The average Bonchev–Trinajstić information content (AvgIpc) is 2.37. The summed E-state index contributed by atoms with van der Waals surface area (Å²) in [5.41, 5.74) is 2.10. The molecule has 2 aromatic rings. The van der Waals surface area contributed by atoms with Gasteiger partial charge in [-0.15, -0.1) is 0 Å². The maximum absolute atomic E-state index is 4.53. The molecule has 0 saturated carbocycles. The maximum Gasteiger partial charge on any atom is 0.145 e. The van der Waals surface area contributed by atoms with Crippen LogP contribution in [0.1, 0.15) is 18.3 Å². The summed E-state index contributed by atoms with van der Waals surface area (Å²) in [5, 5.41) is 0. The highest BCUT2D eigenvalue weighted by atomic mass is 127. The van der Waals surface area contributed by atoms with Crippen molar-refractivity contribution >= 4 is 28.4 Å². The zero-order valence-corrected chi connectivity index (χ0v) is 12.6. The summed E-state index contributed by atoms with van der Waals surface area (Å²) >= 11 is 2.26. The van der Waals surface area contributed by atoms with E-state index in [9.17, 15) is 0 Å². The second kappa shape index (κ2) is 6.08. The first-order valence-electron chi connectivity index (χ1n) is 5.83. The second-order valence-electron chi connectivity index (χ2n) is 3.98. The highest BCUT2D eigenvalue weighted by Crippen LogP contribution is 2.19. The molecule has 2 rings (SSSR count). The topological polar surface area (TPSA) is 41.9 Å². The van der Waals surface area contributed by atoms with E-state index in [2.05, 4.69) is 49.4 Å². The molecule has 0 bridgehead atoms. The summed E-state index contributed by atoms with van der Waals surface area (Å²) in [4.78, 5) is 15.1. The van der Waals surface area contributed by atoms with Crippen molar-refractivity contribution in [2.24, 2.45) is 0 Å². The van der Waals surface area contributed by atoms with Crippen LogP contribution in [0.2, 0.25) is 0 Å². The van der Waals surface area contributed by atoms with Crippen LogP contribution in [0.3, 0.4) is 0 Å². The van der Waals surface area contributed by atoms with Gasteiger partial charge in [-0.05, 0) is 48.6 Å². The largest absolute Gasteiger partial charge is 0.350 e. The molecule has 94 valence electrons. The zero-order chi connectivity index (χ0) is 13.0. The quantitative estimate of drug-likeness (QED) is 0.792. The Morgan fingerprint density at radius 3 is 2.83 bits per heavy atom. The fourth-order valence-electron chi connectivity index (χ4n) is 1.76. The number of nitrogens with zero attached hydrogens (tertiary/aromatic N) is 4. The van der Waals surface area contributed by atoms with Gasteiger partial charge in [0.25, 0.3) is 0 Å². The molecule has 0 spiro atoms. The summed E-state index contributed by atoms with van der Waals surface area (Å²) in [5.74, 6) is 0.969. The van der Waals surface area contributed by atoms with Crippen LogP contribution in [0.25, 0.3) is 0 Å². The number of hydrogen-bond acceptors (Lipinski definition) is 4. The van der Waals surface area contributed by atoms with Crippen molar-refractivity contribution in [1.29, 1.82) is 0 Å². The van der Waals surface area contributed by atoms with Gasteiger partial charge in [0, 0.05) is 18.4 Å². The third-order valence-electron chi connectivity index (χ3n) is 2.63. The first-order chi connectivity index (χ1) is 8.70. The lowest BCUT2D eigenvalue weighted by Crippen LogP contribution is -2.24. The van der Waals surface area contributed by atoms with Crippen molar-refractivity contribution < 1.29 is 0 Å². The Morgan fingerprint density at radius 1 is 1.33 bits per heavy atom. The number of aromatic nitrogens is 3. The van der Waals surface area contributed by atoms with Gasteiger partial charge in [-0.25, -0.2) is 9.97 Å². The van der Waals surface area contributed by atoms with Gasteiger partial charge < -0.3 is 4.90 Å². The van der Waals surface area contributed by atoms with Crippen molar-refractivity contribution in [1.82, 2.24) is 15.0 Å². The van der Waals surface area contributed by atoms with E-state index in [1.165, 1.54) is 0 Å². The lowest BCUT2D eigenvalue weighted by atomic mass is 10.3. The minimum atomic E-state index is 0.769. The van der Waals surface area contributed by atoms with E-state index in [1.54, 1.807) is 6.33 Å². The van der Waals surface area contributed by atoms with Gasteiger partial charge >= 0.3 is 0 Å². The van der Waals surface area contributed by atoms with Crippen LogP contribution in [0, 0.1) is 10.5 Å². The molecule has 18 heavy (non-hydrogen) atoms. The number of aryl methyl sites for hydroxylation is 1. The van der Waals surface area contributed by atoms with Crippen molar-refractivity contribution in [3.8, 4) is 0 Å². The summed E-state index contributed by atoms with van der Waals surface area (Å²) in [6.45, 7) is 5.79. The Hall–Kier alpha value is -1.24. The van der Waals surface area contributed by atoms with Gasteiger partial charge in [0.05, 0.1) is 15.8 Å². The third kappa shape index (κ3) is 3.16. The molecule has 0 atom stereocenters. The minimum absolute atomic E-state index is 0.769. The third-order valence-corrected chi connectivity index (χ3v) is 3.39. The fraction of sp³-hybridized carbons (Fsp3) is 0.308. The van der Waals surface area contributed by atoms with Gasteiger partial charge in [0.15, 0.2) is 0 Å². The standard InChI is InChI=1S/C13H15IN4/c1-3-18(13-12(14)7-15-9-16-13)8-11-6-4-5-10(2)17-11/h4-7,9H,3,8H2,1-2H3. The maximum atomic E-state index is 4.53. The Bertz CT molecular complexity index is 530. The first-order valence-corrected chi connectivity index (χ1v) is 6.91. The van der Waals surface area contributed by atoms with Gasteiger partial charge in [-0.1, -0.05) is 6.07 Å². The summed E-state index contributed by atoms with van der Waals surface area (Å²) in [6, 6.07) is 6.09. The fourth-order valence-corrected chi connectivity index (χ4v) is 2.40. The van der Waals surface area contributed by atoms with E-state index in [0.29, 0.717) is 0 Å². The molecule has 0 fully saturated rings. The Labute approximate surface area is 121 Å². The molecule has 0 saturated heterocycles. The first kappa shape index (κ1) is 13.2. The molecule has 5 heteroatoms. The molecular formula is C13H15IN4. The molecule has 0 radical (unpaired) electrons. The van der Waals surface area contributed by atoms with Gasteiger partial charge in [-0.3, -0.25) is 4.98 Å². The van der Waals surface area contributed by atoms with E-state index in [4.69, 9.17) is 0 Å². The lowest BCUT2D eigenvalue weighted by molar-refractivity contribution is 0.784. The summed E-state index contributed by atoms with van der Waals surface area (Å²) in [6.07, 6.45) is 3.42. The van der Waals surface area contributed by atoms with E-state index in [-0.39, 0.29) is 0 Å². The molecule has 0 amide bonds. The predicted octanol–water partition coefficient (Wildman–Crippen LogP) is 2.81. The Morgan fingerprint density at radius 2 is 2.17 bits per heavy atom. The van der Waals surface area contributed by atoms with Crippen LogP contribution in [0.5, 0.6) is 0 Å². The molecule has 2 heterocycles. The highest BCUT2D eigenvalue weighted by molar-refractivity contribution is 14.1. The monoisotopic (exact) mass is 354 g/mol. The molecule has 0 aromatic carbocycles. The van der Waals surface area contributed by atoms with Crippen molar-refractivity contribution in [3.05, 3.63) is 45.7 Å². The van der Waals surface area contributed by atoms with Crippen LogP contribution < -0.4 is 4.90 Å². The Kier molecular flexibility index (Phi) is 4.46. The number of halogens is 1. The molecule has 2 aromatic heterocycles. The van der Waals surface area contributed by atoms with Crippen LogP contribution in [-0.4, -0.2) is 21.5 Å². The molecule has 4 nitrogen and oxygen atoms in total. The van der Waals surface area contributed by atoms with Crippen LogP contribution in [-0.2, 0) is 6.54 Å². The van der Waals surface area contributed by atoms with Crippen LogP contribution in [0.15, 0.2) is 30.7 Å². The molecule has 0 aliphatic rings. The SMILES string of the molecule is CCN(Cc1cccc(C)n1)c1ncncc1I. The Balaban J connectivity index is 2.23. The smallest absolute Gasteiger partial charge is 0.145 e. The highest BCUT2D eigenvalue weighted by Gasteiger charge is 2.11. The van der Waals surface area contributed by atoms with Gasteiger partial charge in [0.1, 0.15) is 12.1 Å².